The highest BCUT2D eigenvalue weighted by atomic mass is 79.9. The van der Waals surface area contributed by atoms with Crippen LogP contribution in [0.5, 0.6) is 5.75 Å². The van der Waals surface area contributed by atoms with Crippen LogP contribution >= 0.6 is 27.3 Å². The van der Waals surface area contributed by atoms with E-state index in [9.17, 15) is 4.79 Å². The van der Waals surface area contributed by atoms with E-state index in [0.29, 0.717) is 10.9 Å². The predicted molar refractivity (Wildman–Crippen MR) is 96.2 cm³/mol. The van der Waals surface area contributed by atoms with Crippen molar-refractivity contribution in [2.75, 3.05) is 19.0 Å². The Kier molecular flexibility index (Phi) is 5.60. The number of anilines is 1. The maximum Gasteiger partial charge on any atom is 0.250 e. The largest absolute Gasteiger partial charge is 0.496 e. The smallest absolute Gasteiger partial charge is 0.250 e. The molecule has 1 N–H and O–H groups in total. The Labute approximate surface area is 152 Å². The summed E-state index contributed by atoms with van der Waals surface area (Å²) in [7, 11) is 1.59. The highest BCUT2D eigenvalue weighted by Crippen LogP contribution is 2.32. The fourth-order valence-electron chi connectivity index (χ4n) is 2.34. The SMILES string of the molecule is COc1ccc(Br)cc1/C=C/C(=O)Nc1nnc(C2CCCO2)s1. The van der Waals surface area contributed by atoms with E-state index < -0.39 is 0 Å². The van der Waals surface area contributed by atoms with Gasteiger partial charge in [0.25, 0.3) is 0 Å². The minimum Gasteiger partial charge on any atom is -0.496 e. The summed E-state index contributed by atoms with van der Waals surface area (Å²) in [5.74, 6) is 0.422. The number of aromatic nitrogens is 2. The maximum atomic E-state index is 12.1. The van der Waals surface area contributed by atoms with Crippen molar-refractivity contribution >= 4 is 44.4 Å². The van der Waals surface area contributed by atoms with Crippen molar-refractivity contribution in [2.24, 2.45) is 0 Å². The van der Waals surface area contributed by atoms with E-state index in [1.54, 1.807) is 13.2 Å². The van der Waals surface area contributed by atoms with Gasteiger partial charge in [-0.25, -0.2) is 0 Å². The second-order valence-electron chi connectivity index (χ2n) is 5.16. The quantitative estimate of drug-likeness (QED) is 0.759. The lowest BCUT2D eigenvalue weighted by Gasteiger charge is -2.04. The Morgan fingerprint density at radius 1 is 1.50 bits per heavy atom. The zero-order valence-electron chi connectivity index (χ0n) is 13.0. The number of hydrogen-bond donors (Lipinski definition) is 1. The van der Waals surface area contributed by atoms with Crippen molar-refractivity contribution in [3.8, 4) is 5.75 Å². The number of carbonyl (C=O) groups is 1. The predicted octanol–water partition coefficient (Wildman–Crippen LogP) is 3.81. The molecule has 1 aromatic heterocycles. The van der Waals surface area contributed by atoms with E-state index in [1.807, 2.05) is 18.2 Å². The van der Waals surface area contributed by atoms with Gasteiger partial charge in [-0.1, -0.05) is 27.3 Å². The van der Waals surface area contributed by atoms with Gasteiger partial charge in [-0.05, 0) is 37.1 Å². The molecular weight excluding hydrogens is 394 g/mol. The zero-order valence-corrected chi connectivity index (χ0v) is 15.4. The van der Waals surface area contributed by atoms with Crippen LogP contribution in [0, 0.1) is 0 Å². The number of methoxy groups -OCH3 is 1. The third-order valence-electron chi connectivity index (χ3n) is 3.48. The van der Waals surface area contributed by atoms with Crippen LogP contribution in [0.15, 0.2) is 28.7 Å². The number of nitrogens with zero attached hydrogens (tertiary/aromatic N) is 2. The van der Waals surface area contributed by atoms with Crippen molar-refractivity contribution < 1.29 is 14.3 Å². The van der Waals surface area contributed by atoms with Crippen LogP contribution in [0.25, 0.3) is 6.08 Å². The van der Waals surface area contributed by atoms with Crippen molar-refractivity contribution in [3.63, 3.8) is 0 Å². The number of nitrogens with one attached hydrogen (secondary N) is 1. The van der Waals surface area contributed by atoms with Crippen molar-refractivity contribution in [1.29, 1.82) is 0 Å². The molecule has 6 nitrogen and oxygen atoms in total. The average molecular weight is 410 g/mol. The van der Waals surface area contributed by atoms with E-state index >= 15 is 0 Å². The Morgan fingerprint density at radius 3 is 3.12 bits per heavy atom. The molecule has 0 aliphatic carbocycles. The van der Waals surface area contributed by atoms with Gasteiger partial charge in [-0.15, -0.1) is 10.2 Å². The summed E-state index contributed by atoms with van der Waals surface area (Å²) < 4.78 is 11.7. The van der Waals surface area contributed by atoms with Gasteiger partial charge in [0.2, 0.25) is 11.0 Å². The minimum absolute atomic E-state index is 0.00891. The second kappa shape index (κ2) is 7.87. The molecule has 0 spiro atoms. The Morgan fingerprint density at radius 2 is 2.38 bits per heavy atom. The third-order valence-corrected chi connectivity index (χ3v) is 4.91. The molecule has 0 radical (unpaired) electrons. The first-order valence-electron chi connectivity index (χ1n) is 7.43. The van der Waals surface area contributed by atoms with E-state index in [0.717, 1.165) is 34.5 Å². The lowest BCUT2D eigenvalue weighted by Crippen LogP contribution is -2.07. The molecule has 1 amide bonds. The summed E-state index contributed by atoms with van der Waals surface area (Å²) in [5, 5.41) is 12.1. The van der Waals surface area contributed by atoms with Gasteiger partial charge in [0.1, 0.15) is 16.9 Å². The molecule has 1 aromatic carbocycles. The molecule has 0 saturated carbocycles. The fraction of sp³-hybridized carbons (Fsp3) is 0.312. The first-order valence-corrected chi connectivity index (χ1v) is 9.04. The molecule has 1 aliphatic heterocycles. The molecule has 8 heteroatoms. The van der Waals surface area contributed by atoms with Crippen LogP contribution in [-0.2, 0) is 9.53 Å². The number of rotatable bonds is 5. The summed E-state index contributed by atoms with van der Waals surface area (Å²) in [6.07, 6.45) is 5.13. The molecule has 1 atom stereocenters. The molecule has 1 unspecified atom stereocenters. The Hall–Kier alpha value is -1.77. The Bertz CT molecular complexity index is 757. The van der Waals surface area contributed by atoms with Crippen LogP contribution in [0.1, 0.15) is 29.5 Å². The lowest BCUT2D eigenvalue weighted by atomic mass is 10.2. The first kappa shape index (κ1) is 17.1. The standard InChI is InChI=1S/C16H16BrN3O3S/c1-22-12-6-5-11(17)9-10(12)4-7-14(21)18-16-20-19-15(24-16)13-3-2-8-23-13/h4-7,9,13H,2-3,8H2,1H3,(H,18,20,21)/b7-4+. The van der Waals surface area contributed by atoms with E-state index in [-0.39, 0.29) is 12.0 Å². The van der Waals surface area contributed by atoms with Crippen molar-refractivity contribution in [3.05, 3.63) is 39.3 Å². The number of ether oxygens (including phenoxy) is 2. The van der Waals surface area contributed by atoms with Gasteiger partial charge < -0.3 is 9.47 Å². The number of hydrogen-bond acceptors (Lipinski definition) is 6. The molecule has 1 saturated heterocycles. The maximum absolute atomic E-state index is 12.1. The molecule has 24 heavy (non-hydrogen) atoms. The highest BCUT2D eigenvalue weighted by Gasteiger charge is 2.22. The molecule has 126 valence electrons. The molecule has 2 heterocycles. The van der Waals surface area contributed by atoms with Gasteiger partial charge in [0.15, 0.2) is 0 Å². The molecule has 1 fully saturated rings. The van der Waals surface area contributed by atoms with E-state index in [2.05, 4.69) is 31.4 Å². The molecular formula is C16H16BrN3O3S. The third kappa shape index (κ3) is 4.19. The Balaban J connectivity index is 1.64. The molecule has 2 aromatic rings. The van der Waals surface area contributed by atoms with Gasteiger partial charge in [0.05, 0.1) is 7.11 Å². The van der Waals surface area contributed by atoms with Crippen molar-refractivity contribution in [1.82, 2.24) is 10.2 Å². The van der Waals surface area contributed by atoms with Gasteiger partial charge in [-0.3, -0.25) is 10.1 Å². The topological polar surface area (TPSA) is 73.3 Å². The van der Waals surface area contributed by atoms with E-state index in [1.165, 1.54) is 17.4 Å². The zero-order chi connectivity index (χ0) is 16.9. The second-order valence-corrected chi connectivity index (χ2v) is 7.08. The highest BCUT2D eigenvalue weighted by molar-refractivity contribution is 9.10. The number of benzene rings is 1. The van der Waals surface area contributed by atoms with Crippen LogP contribution in [-0.4, -0.2) is 29.8 Å². The minimum atomic E-state index is -0.271. The summed E-state index contributed by atoms with van der Waals surface area (Å²) in [6.45, 7) is 0.753. The number of carbonyl (C=O) groups excluding carboxylic acids is 1. The van der Waals surface area contributed by atoms with Gasteiger partial charge in [0, 0.05) is 22.7 Å². The van der Waals surface area contributed by atoms with Crippen molar-refractivity contribution in [2.45, 2.75) is 18.9 Å². The molecule has 1 aliphatic rings. The van der Waals surface area contributed by atoms with Crippen LogP contribution in [0.3, 0.4) is 0 Å². The lowest BCUT2D eigenvalue weighted by molar-refractivity contribution is -0.111. The molecule has 3 rings (SSSR count). The number of halogens is 1. The monoisotopic (exact) mass is 409 g/mol. The van der Waals surface area contributed by atoms with Crippen LogP contribution in [0.4, 0.5) is 5.13 Å². The average Bonchev–Trinajstić information content (AvgIpc) is 3.24. The summed E-state index contributed by atoms with van der Waals surface area (Å²) in [5.41, 5.74) is 0.805. The summed E-state index contributed by atoms with van der Waals surface area (Å²) in [6, 6.07) is 5.59. The van der Waals surface area contributed by atoms with Gasteiger partial charge in [-0.2, -0.15) is 0 Å². The van der Waals surface area contributed by atoms with E-state index in [4.69, 9.17) is 9.47 Å². The molecule has 0 bridgehead atoms. The fourth-order valence-corrected chi connectivity index (χ4v) is 3.54. The normalized spacial score (nSPS) is 17.3. The summed E-state index contributed by atoms with van der Waals surface area (Å²) in [4.78, 5) is 12.1. The van der Waals surface area contributed by atoms with Crippen LogP contribution < -0.4 is 10.1 Å². The number of amides is 1. The van der Waals surface area contributed by atoms with Crippen LogP contribution in [0.2, 0.25) is 0 Å². The first-order chi connectivity index (χ1) is 11.7. The summed E-state index contributed by atoms with van der Waals surface area (Å²) >= 11 is 4.75. The van der Waals surface area contributed by atoms with Gasteiger partial charge >= 0.3 is 0 Å².